The van der Waals surface area contributed by atoms with Crippen LogP contribution in [0.2, 0.25) is 15.1 Å². The van der Waals surface area contributed by atoms with Crippen molar-refractivity contribution in [1.29, 1.82) is 0 Å². The fraction of sp³-hybridized carbons (Fsp3) is 0.250. The molecule has 0 aliphatic heterocycles. The van der Waals surface area contributed by atoms with Gasteiger partial charge in [0.05, 0.1) is 78.6 Å². The lowest BCUT2D eigenvalue weighted by atomic mass is 9.84. The third-order valence-corrected chi connectivity index (χ3v) is 19.2. The van der Waals surface area contributed by atoms with Crippen LogP contribution >= 0.6 is 50.7 Å². The van der Waals surface area contributed by atoms with Crippen LogP contribution in [0.4, 0.5) is 45.5 Å². The first-order valence-corrected chi connectivity index (χ1v) is 31.9. The van der Waals surface area contributed by atoms with Gasteiger partial charge in [0.15, 0.2) is 0 Å². The van der Waals surface area contributed by atoms with Gasteiger partial charge in [-0.25, -0.2) is 0 Å². The Labute approximate surface area is 522 Å². The predicted molar refractivity (Wildman–Crippen MR) is 358 cm³/mol. The number of hydrogen-bond acceptors (Lipinski definition) is 9. The zero-order valence-electron chi connectivity index (χ0n) is 47.5. The van der Waals surface area contributed by atoms with Gasteiger partial charge in [0.2, 0.25) is 0 Å². The highest BCUT2D eigenvalue weighted by molar-refractivity contribution is 9.10. The van der Waals surface area contributed by atoms with E-state index in [0.29, 0.717) is 26.9 Å². The molecule has 0 bridgehead atoms. The summed E-state index contributed by atoms with van der Waals surface area (Å²) in [6.07, 6.45) is 25.2. The molecule has 0 saturated heterocycles. The van der Waals surface area contributed by atoms with Gasteiger partial charge in [-0.2, -0.15) is 30.6 Å². The van der Waals surface area contributed by atoms with Gasteiger partial charge in [-0.3, -0.25) is 0 Å². The topological polar surface area (TPSA) is 95.9 Å². The van der Waals surface area contributed by atoms with E-state index in [4.69, 9.17) is 34.8 Å². The van der Waals surface area contributed by atoms with Gasteiger partial charge in [-0.15, -0.1) is 0 Å². The molecule has 3 saturated carbocycles. The smallest absolute Gasteiger partial charge is 0.0950 e. The van der Waals surface area contributed by atoms with Crippen LogP contribution in [-0.4, -0.2) is 30.6 Å². The summed E-state index contributed by atoms with van der Waals surface area (Å²) >= 11 is 22.3. The lowest BCUT2D eigenvalue weighted by Crippen LogP contribution is -2.16. The highest BCUT2D eigenvalue weighted by Gasteiger charge is 2.27. The van der Waals surface area contributed by atoms with Crippen molar-refractivity contribution >= 4 is 129 Å². The van der Waals surface area contributed by atoms with Gasteiger partial charge in [-0.1, -0.05) is 196 Å². The minimum absolute atomic E-state index is 0.569. The Balaban J connectivity index is 0.000000180. The molecule has 9 nitrogen and oxygen atoms in total. The summed E-state index contributed by atoms with van der Waals surface area (Å²) in [4.78, 5) is 4.47. The number of nitrogens with zero attached hydrogens (tertiary/aromatic N) is 8. The average molecular weight is 1240 g/mol. The first kappa shape index (κ1) is 57.9. The van der Waals surface area contributed by atoms with E-state index in [-0.39, 0.29) is 0 Å². The Morgan fingerprint density at radius 3 is 1.19 bits per heavy atom. The molecule has 428 valence electrons. The van der Waals surface area contributed by atoms with Crippen LogP contribution in [0.1, 0.15) is 131 Å². The molecular formula is C72H67BrCl3N9. The molecule has 11 aromatic rings. The molecule has 8 aromatic carbocycles. The van der Waals surface area contributed by atoms with Crippen LogP contribution < -0.4 is 15.1 Å². The van der Waals surface area contributed by atoms with Gasteiger partial charge >= 0.3 is 0 Å². The lowest BCUT2D eigenvalue weighted by Gasteiger charge is -2.32. The Bertz CT molecular complexity index is 3820. The lowest BCUT2D eigenvalue weighted by molar-refractivity contribution is 0.443. The second-order valence-corrected chi connectivity index (χ2v) is 24.5. The van der Waals surface area contributed by atoms with E-state index in [2.05, 4.69) is 183 Å². The summed E-state index contributed by atoms with van der Waals surface area (Å²) in [5.41, 5.74) is 14.5. The Morgan fingerprint density at radius 1 is 0.365 bits per heavy atom. The van der Waals surface area contributed by atoms with E-state index in [0.717, 1.165) is 88.6 Å². The first-order valence-electron chi connectivity index (χ1n) is 30.0. The quantitative estimate of drug-likeness (QED) is 0.127. The van der Waals surface area contributed by atoms with Crippen LogP contribution in [0.25, 0.3) is 32.7 Å². The van der Waals surface area contributed by atoms with E-state index >= 15 is 0 Å². The molecule has 3 heterocycles. The van der Waals surface area contributed by atoms with E-state index < -0.39 is 0 Å². The Hall–Kier alpha value is -7.47. The molecule has 13 heteroatoms. The minimum atomic E-state index is 0.569. The normalized spacial score (nSPS) is 14.9. The van der Waals surface area contributed by atoms with Crippen LogP contribution in [-0.2, 0) is 0 Å². The molecule has 14 rings (SSSR count). The molecule has 3 fully saturated rings. The summed E-state index contributed by atoms with van der Waals surface area (Å²) in [7, 11) is 0. The summed E-state index contributed by atoms with van der Waals surface area (Å²) < 4.78 is 0.830. The zero-order valence-corrected chi connectivity index (χ0v) is 51.3. The Morgan fingerprint density at radius 2 is 0.753 bits per heavy atom. The first-order chi connectivity index (χ1) is 41.8. The highest BCUT2D eigenvalue weighted by Crippen LogP contribution is 2.49. The van der Waals surface area contributed by atoms with Gasteiger partial charge < -0.3 is 15.1 Å². The van der Waals surface area contributed by atoms with Crippen molar-refractivity contribution in [2.45, 2.75) is 114 Å². The summed E-state index contributed by atoms with van der Waals surface area (Å²) in [6, 6.07) is 63.2. The second-order valence-electron chi connectivity index (χ2n) is 22.5. The van der Waals surface area contributed by atoms with Crippen molar-refractivity contribution in [3.8, 4) is 0 Å². The minimum Gasteiger partial charge on any atom is -0.354 e. The fourth-order valence-corrected chi connectivity index (χ4v) is 13.8. The van der Waals surface area contributed by atoms with E-state index in [1.807, 2.05) is 67.0 Å². The standard InChI is InChI=1S/C46H43ClN6.C20H21N3.C6H3BrCl2/c47-46-42(52(44-30-48-50-40-18-9-7-16-38(40)44)36-26-22-34(23-27-36)32-12-3-1-4-13-32)20-11-21-43(46)53(45-31-49-51-41-19-10-8-17-39(41)45)37-28-24-35(25-29-37)33-14-5-2-6-15-33;1-2-6-15(7-3-1)16-10-12-17(13-11-16)22-20-14-21-23-19-9-5-4-8-18(19)20;7-4-2-1-3-5(8)6(4)9/h7-11,16-33H,1-6,12-15H2;4-5,8-15H,1-3,6-7H2,(H,22,23);1-3H. The van der Waals surface area contributed by atoms with Crippen molar-refractivity contribution in [2.75, 3.05) is 15.1 Å². The van der Waals surface area contributed by atoms with Crippen LogP contribution in [0.15, 0.2) is 205 Å². The van der Waals surface area contributed by atoms with Gasteiger partial charge in [0.1, 0.15) is 0 Å². The molecule has 0 spiro atoms. The van der Waals surface area contributed by atoms with Crippen molar-refractivity contribution < 1.29 is 0 Å². The van der Waals surface area contributed by atoms with Crippen molar-refractivity contribution in [2.24, 2.45) is 0 Å². The number of nitrogens with one attached hydrogen (secondary N) is 1. The van der Waals surface area contributed by atoms with Gasteiger partial charge in [0, 0.05) is 37.7 Å². The predicted octanol–water partition coefficient (Wildman–Crippen LogP) is 22.4. The summed E-state index contributed by atoms with van der Waals surface area (Å²) in [6.45, 7) is 0. The van der Waals surface area contributed by atoms with E-state index in [1.165, 1.54) is 113 Å². The number of aromatic nitrogens is 6. The molecule has 3 aromatic heterocycles. The van der Waals surface area contributed by atoms with E-state index in [9.17, 15) is 0 Å². The number of halogens is 4. The molecule has 3 aliphatic rings. The third kappa shape index (κ3) is 13.5. The SMILES string of the molecule is Clc1c(N(c2ccc(C3CCCCC3)cc2)c2cnnc3ccccc23)cccc1N(c1ccc(C2CCCCC2)cc1)c1cnnc2ccccc12.Clc1cccc(Br)c1Cl.c1ccc2c(Nc3ccc(C4CCCCC4)cc3)cnnc2c1. The van der Waals surface area contributed by atoms with E-state index in [1.54, 1.807) is 12.3 Å². The Kier molecular flexibility index (Phi) is 18.9. The van der Waals surface area contributed by atoms with Crippen molar-refractivity contribution in [3.05, 3.63) is 237 Å². The maximum absolute atomic E-state index is 7.75. The van der Waals surface area contributed by atoms with Crippen LogP contribution in [0.5, 0.6) is 0 Å². The molecule has 85 heavy (non-hydrogen) atoms. The number of benzene rings is 8. The van der Waals surface area contributed by atoms with Gasteiger partial charge in [0.25, 0.3) is 0 Å². The zero-order chi connectivity index (χ0) is 57.9. The number of anilines is 8. The second kappa shape index (κ2) is 27.7. The monoisotopic (exact) mass is 1240 g/mol. The van der Waals surface area contributed by atoms with Crippen LogP contribution in [0.3, 0.4) is 0 Å². The average Bonchev–Trinajstić information content (AvgIpc) is 3.52. The maximum Gasteiger partial charge on any atom is 0.0950 e. The summed E-state index contributed by atoms with van der Waals surface area (Å²) in [5.74, 6) is 1.98. The number of fused-ring (bicyclic) bond motifs is 3. The van der Waals surface area contributed by atoms with Crippen molar-refractivity contribution in [1.82, 2.24) is 30.6 Å². The fourth-order valence-electron chi connectivity index (χ4n) is 12.7. The molecule has 1 N–H and O–H groups in total. The third-order valence-electron chi connectivity index (χ3n) is 17.1. The molecule has 3 aliphatic carbocycles. The van der Waals surface area contributed by atoms with Crippen LogP contribution in [0, 0.1) is 0 Å². The summed E-state index contributed by atoms with van der Waals surface area (Å²) in [5, 5.41) is 34.5. The molecule has 0 atom stereocenters. The molecule has 0 radical (unpaired) electrons. The number of hydrogen-bond donors (Lipinski definition) is 1. The highest BCUT2D eigenvalue weighted by atomic mass is 79.9. The number of rotatable bonds is 11. The molecule has 0 unspecified atom stereocenters. The van der Waals surface area contributed by atoms with Crippen molar-refractivity contribution in [3.63, 3.8) is 0 Å². The molecular weight excluding hydrogens is 1180 g/mol. The molecule has 0 amide bonds. The maximum atomic E-state index is 7.75. The van der Waals surface area contributed by atoms with Gasteiger partial charge in [-0.05, 0) is 168 Å². The largest absolute Gasteiger partial charge is 0.354 e.